The summed E-state index contributed by atoms with van der Waals surface area (Å²) < 4.78 is 0. The number of nitrogens with one attached hydrogen (secondary N) is 1. The lowest BCUT2D eigenvalue weighted by Gasteiger charge is -2.05. The zero-order chi connectivity index (χ0) is 13.5. The van der Waals surface area contributed by atoms with Gasteiger partial charge in [0, 0.05) is 6.20 Å². The van der Waals surface area contributed by atoms with Crippen LogP contribution < -0.4 is 5.32 Å². The fraction of sp³-hybridized carbons (Fsp3) is 0. The number of hydrogen-bond acceptors (Lipinski definition) is 5. The van der Waals surface area contributed by atoms with Gasteiger partial charge >= 0.3 is 5.97 Å². The maximum absolute atomic E-state index is 10.9. The summed E-state index contributed by atoms with van der Waals surface area (Å²) in [7, 11) is 0. The van der Waals surface area contributed by atoms with Crippen molar-refractivity contribution in [3.8, 4) is 18.2 Å². The van der Waals surface area contributed by atoms with E-state index < -0.39 is 5.97 Å². The van der Waals surface area contributed by atoms with Crippen LogP contribution in [0, 0.1) is 34.0 Å². The Morgan fingerprint density at radius 1 is 1.28 bits per heavy atom. The maximum Gasteiger partial charge on any atom is 0.337 e. The molecule has 86 valence electrons. The van der Waals surface area contributed by atoms with E-state index in [0.717, 1.165) is 6.20 Å². The van der Waals surface area contributed by atoms with E-state index in [1.165, 1.54) is 18.2 Å². The van der Waals surface area contributed by atoms with Crippen LogP contribution >= 0.6 is 0 Å². The van der Waals surface area contributed by atoms with Crippen LogP contribution in [0.4, 0.5) is 5.69 Å². The molecule has 0 aliphatic heterocycles. The Labute approximate surface area is 103 Å². The number of aromatic carboxylic acids is 1. The van der Waals surface area contributed by atoms with Crippen molar-refractivity contribution >= 4 is 11.7 Å². The first-order valence-electron chi connectivity index (χ1n) is 4.66. The molecule has 0 heterocycles. The number of rotatable bonds is 3. The average molecular weight is 238 g/mol. The van der Waals surface area contributed by atoms with Crippen molar-refractivity contribution < 1.29 is 9.90 Å². The zero-order valence-electron chi connectivity index (χ0n) is 9.01. The molecule has 1 aromatic carbocycles. The van der Waals surface area contributed by atoms with Gasteiger partial charge in [-0.15, -0.1) is 0 Å². The van der Waals surface area contributed by atoms with E-state index in [0.29, 0.717) is 0 Å². The lowest BCUT2D eigenvalue weighted by molar-refractivity contribution is 0.0698. The van der Waals surface area contributed by atoms with Crippen LogP contribution in [0.5, 0.6) is 0 Å². The predicted molar refractivity (Wildman–Crippen MR) is 61.0 cm³/mol. The molecule has 0 amide bonds. The number of hydrogen-bond donors (Lipinski definition) is 2. The van der Waals surface area contributed by atoms with Crippen molar-refractivity contribution in [1.82, 2.24) is 0 Å². The summed E-state index contributed by atoms with van der Waals surface area (Å²) in [6.45, 7) is 0. The van der Waals surface area contributed by atoms with Crippen LogP contribution in [-0.4, -0.2) is 11.1 Å². The molecule has 1 aromatic rings. The quantitative estimate of drug-likeness (QED) is 0.771. The summed E-state index contributed by atoms with van der Waals surface area (Å²) in [6, 6.07) is 9.08. The molecule has 0 aliphatic carbocycles. The molecular weight excluding hydrogens is 232 g/mol. The molecule has 0 saturated heterocycles. The second-order valence-corrected chi connectivity index (χ2v) is 3.10. The molecule has 0 fully saturated rings. The number of carboxylic acid groups (broad SMARTS) is 1. The van der Waals surface area contributed by atoms with Gasteiger partial charge in [0.15, 0.2) is 0 Å². The molecule has 0 saturated carbocycles. The van der Waals surface area contributed by atoms with E-state index in [-0.39, 0.29) is 22.4 Å². The zero-order valence-corrected chi connectivity index (χ0v) is 9.01. The minimum atomic E-state index is -1.18. The third kappa shape index (κ3) is 2.85. The van der Waals surface area contributed by atoms with Crippen LogP contribution in [0.25, 0.3) is 0 Å². The van der Waals surface area contributed by atoms with Crippen molar-refractivity contribution in [2.75, 3.05) is 5.32 Å². The van der Waals surface area contributed by atoms with Gasteiger partial charge in [-0.2, -0.15) is 15.8 Å². The van der Waals surface area contributed by atoms with Gasteiger partial charge in [0.25, 0.3) is 0 Å². The molecule has 6 heteroatoms. The van der Waals surface area contributed by atoms with Crippen LogP contribution in [0.2, 0.25) is 0 Å². The second kappa shape index (κ2) is 5.69. The van der Waals surface area contributed by atoms with Gasteiger partial charge < -0.3 is 10.4 Å². The molecule has 0 spiro atoms. The van der Waals surface area contributed by atoms with Gasteiger partial charge in [-0.1, -0.05) is 0 Å². The van der Waals surface area contributed by atoms with Crippen LogP contribution in [0.3, 0.4) is 0 Å². The van der Waals surface area contributed by atoms with Crippen LogP contribution in [-0.2, 0) is 0 Å². The van der Waals surface area contributed by atoms with E-state index in [1.54, 1.807) is 12.1 Å². The van der Waals surface area contributed by atoms with E-state index in [1.807, 2.05) is 6.07 Å². The predicted octanol–water partition coefficient (Wildman–Crippen LogP) is 1.60. The van der Waals surface area contributed by atoms with Gasteiger partial charge in [0.05, 0.1) is 22.9 Å². The minimum Gasteiger partial charge on any atom is -0.478 e. The van der Waals surface area contributed by atoms with Crippen molar-refractivity contribution in [2.24, 2.45) is 0 Å². The molecule has 0 aliphatic rings. The maximum atomic E-state index is 10.9. The summed E-state index contributed by atoms with van der Waals surface area (Å²) in [5.41, 5.74) is 0.157. The number of carboxylic acids is 1. The first-order chi connectivity index (χ1) is 8.62. The number of nitriles is 3. The van der Waals surface area contributed by atoms with Gasteiger partial charge in [0.1, 0.15) is 17.7 Å². The number of anilines is 1. The van der Waals surface area contributed by atoms with Crippen molar-refractivity contribution in [1.29, 1.82) is 15.8 Å². The highest BCUT2D eigenvalue weighted by atomic mass is 16.4. The highest BCUT2D eigenvalue weighted by Gasteiger charge is 2.10. The summed E-state index contributed by atoms with van der Waals surface area (Å²) >= 11 is 0. The van der Waals surface area contributed by atoms with Gasteiger partial charge in [-0.3, -0.25) is 0 Å². The molecule has 2 N–H and O–H groups in total. The van der Waals surface area contributed by atoms with E-state index in [2.05, 4.69) is 5.32 Å². The summed E-state index contributed by atoms with van der Waals surface area (Å²) in [5.74, 6) is -1.18. The fourth-order valence-electron chi connectivity index (χ4n) is 1.16. The first kappa shape index (κ1) is 12.8. The lowest BCUT2D eigenvalue weighted by Crippen LogP contribution is -2.03. The largest absolute Gasteiger partial charge is 0.478 e. The van der Waals surface area contributed by atoms with Crippen molar-refractivity contribution in [3.05, 3.63) is 41.1 Å². The standard InChI is InChI=1S/C12H6N4O2/c13-4-8-1-2-10(12(17)18)11(3-8)16-7-9(5-14)6-15/h1-3,7,16H,(H,17,18). The number of carbonyl (C=O) groups is 1. The Hall–Kier alpha value is -3.30. The Bertz CT molecular complexity index is 626. The minimum absolute atomic E-state index is 0.0551. The van der Waals surface area contributed by atoms with Gasteiger partial charge in [-0.25, -0.2) is 4.79 Å². The molecule has 0 unspecified atom stereocenters. The second-order valence-electron chi connectivity index (χ2n) is 3.10. The molecule has 0 radical (unpaired) electrons. The lowest BCUT2D eigenvalue weighted by atomic mass is 10.1. The van der Waals surface area contributed by atoms with E-state index >= 15 is 0 Å². The SMILES string of the molecule is N#CC(C#N)=CNc1cc(C#N)ccc1C(=O)O. The van der Waals surface area contributed by atoms with Gasteiger partial charge in [-0.05, 0) is 18.2 Å². The average Bonchev–Trinajstić information content (AvgIpc) is 2.39. The monoisotopic (exact) mass is 238 g/mol. The topological polar surface area (TPSA) is 121 Å². The summed E-state index contributed by atoms with van der Waals surface area (Å²) in [5, 5.41) is 37.3. The number of allylic oxidation sites excluding steroid dienone is 1. The molecular formula is C12H6N4O2. The first-order valence-corrected chi connectivity index (χ1v) is 4.66. The van der Waals surface area contributed by atoms with Crippen molar-refractivity contribution in [2.45, 2.75) is 0 Å². The Balaban J connectivity index is 3.19. The highest BCUT2D eigenvalue weighted by molar-refractivity contribution is 5.94. The Morgan fingerprint density at radius 2 is 1.94 bits per heavy atom. The number of benzene rings is 1. The number of nitrogens with zero attached hydrogens (tertiary/aromatic N) is 3. The van der Waals surface area contributed by atoms with Crippen LogP contribution in [0.1, 0.15) is 15.9 Å². The molecule has 6 nitrogen and oxygen atoms in total. The third-order valence-electron chi connectivity index (χ3n) is 1.99. The Morgan fingerprint density at radius 3 is 2.44 bits per heavy atom. The third-order valence-corrected chi connectivity index (χ3v) is 1.99. The highest BCUT2D eigenvalue weighted by Crippen LogP contribution is 2.18. The molecule has 0 atom stereocenters. The summed E-state index contributed by atoms with van der Waals surface area (Å²) in [6.07, 6.45) is 1.09. The molecule has 1 rings (SSSR count). The van der Waals surface area contributed by atoms with E-state index in [9.17, 15) is 4.79 Å². The Kier molecular flexibility index (Phi) is 4.04. The van der Waals surface area contributed by atoms with Crippen LogP contribution in [0.15, 0.2) is 30.0 Å². The fourth-order valence-corrected chi connectivity index (χ4v) is 1.16. The van der Waals surface area contributed by atoms with Gasteiger partial charge in [0.2, 0.25) is 0 Å². The van der Waals surface area contributed by atoms with E-state index in [4.69, 9.17) is 20.9 Å². The smallest absolute Gasteiger partial charge is 0.337 e. The molecule has 0 bridgehead atoms. The van der Waals surface area contributed by atoms with Crippen molar-refractivity contribution in [3.63, 3.8) is 0 Å². The molecule has 18 heavy (non-hydrogen) atoms. The molecule has 0 aromatic heterocycles. The summed E-state index contributed by atoms with van der Waals surface area (Å²) in [4.78, 5) is 10.9. The normalized spacial score (nSPS) is 8.28.